The molecule has 0 radical (unpaired) electrons. The summed E-state index contributed by atoms with van der Waals surface area (Å²) >= 11 is 0. The van der Waals surface area contributed by atoms with Crippen molar-refractivity contribution in [2.75, 3.05) is 26.2 Å². The maximum Gasteiger partial charge on any atom is 0.318 e. The number of nitrogens with zero attached hydrogens (tertiary/aromatic N) is 6. The molecule has 0 unspecified atom stereocenters. The van der Waals surface area contributed by atoms with E-state index in [4.69, 9.17) is 10.5 Å². The summed E-state index contributed by atoms with van der Waals surface area (Å²) in [5.41, 5.74) is 4.35. The van der Waals surface area contributed by atoms with Gasteiger partial charge in [-0.3, -0.25) is 9.69 Å². The molecule has 0 spiro atoms. The quantitative estimate of drug-likeness (QED) is 0.399. The van der Waals surface area contributed by atoms with Gasteiger partial charge in [-0.2, -0.15) is 10.5 Å². The third-order valence-corrected chi connectivity index (χ3v) is 8.36. The predicted molar refractivity (Wildman–Crippen MR) is 162 cm³/mol. The van der Waals surface area contributed by atoms with E-state index < -0.39 is 6.04 Å². The molecular formula is C33H38N8O2. The van der Waals surface area contributed by atoms with Crippen LogP contribution >= 0.6 is 0 Å². The zero-order valence-electron chi connectivity index (χ0n) is 24.4. The molecule has 222 valence electrons. The molecule has 2 heterocycles. The molecule has 10 heteroatoms. The van der Waals surface area contributed by atoms with E-state index in [0.717, 1.165) is 42.5 Å². The Balaban J connectivity index is 1.21. The van der Waals surface area contributed by atoms with E-state index in [2.05, 4.69) is 32.7 Å². The van der Waals surface area contributed by atoms with Gasteiger partial charge in [0.15, 0.2) is 0 Å². The number of rotatable bonds is 9. The van der Waals surface area contributed by atoms with Gasteiger partial charge in [0.05, 0.1) is 29.6 Å². The molecular weight excluding hydrogens is 540 g/mol. The topological polar surface area (TPSA) is 130 Å². The van der Waals surface area contributed by atoms with E-state index in [0.29, 0.717) is 56.8 Å². The molecule has 2 fully saturated rings. The van der Waals surface area contributed by atoms with Gasteiger partial charge < -0.3 is 20.1 Å². The van der Waals surface area contributed by atoms with Crippen LogP contribution in [0.25, 0.3) is 0 Å². The second-order valence-corrected chi connectivity index (χ2v) is 11.4. The number of benzene rings is 2. The highest BCUT2D eigenvalue weighted by Gasteiger charge is 2.36. The van der Waals surface area contributed by atoms with E-state index in [1.807, 2.05) is 28.8 Å². The second-order valence-electron chi connectivity index (χ2n) is 11.4. The summed E-state index contributed by atoms with van der Waals surface area (Å²) in [4.78, 5) is 35.2. The number of amides is 3. The summed E-state index contributed by atoms with van der Waals surface area (Å²) in [5, 5.41) is 24.4. The highest BCUT2D eigenvalue weighted by Crippen LogP contribution is 2.20. The maximum absolute atomic E-state index is 13.6. The van der Waals surface area contributed by atoms with Gasteiger partial charge in [0.25, 0.3) is 0 Å². The number of imidazole rings is 1. The average Bonchev–Trinajstić information content (AvgIpc) is 3.48. The van der Waals surface area contributed by atoms with Crippen molar-refractivity contribution < 1.29 is 9.59 Å². The minimum Gasteiger partial charge on any atom is -0.354 e. The third kappa shape index (κ3) is 8.00. The molecule has 3 amide bonds. The Hall–Kier alpha value is -4.67. The Morgan fingerprint density at radius 1 is 0.884 bits per heavy atom. The van der Waals surface area contributed by atoms with E-state index in [1.54, 1.807) is 41.7 Å². The molecule has 1 aromatic heterocycles. The Bertz CT molecular complexity index is 1460. The van der Waals surface area contributed by atoms with Crippen LogP contribution in [-0.2, 0) is 24.3 Å². The Kier molecular flexibility index (Phi) is 10.0. The second kappa shape index (κ2) is 14.5. The molecule has 0 bridgehead atoms. The summed E-state index contributed by atoms with van der Waals surface area (Å²) in [6.07, 6.45) is 9.59. The lowest BCUT2D eigenvalue weighted by Gasteiger charge is -2.41. The van der Waals surface area contributed by atoms with E-state index in [9.17, 15) is 9.59 Å². The fourth-order valence-electron chi connectivity index (χ4n) is 5.91. The summed E-state index contributed by atoms with van der Waals surface area (Å²) in [5.74, 6) is -0.165. The number of urea groups is 1. The largest absolute Gasteiger partial charge is 0.354 e. The van der Waals surface area contributed by atoms with E-state index >= 15 is 0 Å². The van der Waals surface area contributed by atoms with Gasteiger partial charge in [0.2, 0.25) is 5.91 Å². The van der Waals surface area contributed by atoms with Crippen LogP contribution in [0, 0.1) is 22.7 Å². The zero-order valence-corrected chi connectivity index (χ0v) is 24.4. The van der Waals surface area contributed by atoms with E-state index in [-0.39, 0.29) is 18.0 Å². The molecule has 1 atom stereocenters. The molecule has 10 nitrogen and oxygen atoms in total. The monoisotopic (exact) mass is 578 g/mol. The van der Waals surface area contributed by atoms with Gasteiger partial charge in [0, 0.05) is 63.6 Å². The predicted octanol–water partition coefficient (Wildman–Crippen LogP) is 3.56. The minimum atomic E-state index is -0.612. The molecule has 43 heavy (non-hydrogen) atoms. The fourth-order valence-corrected chi connectivity index (χ4v) is 5.91. The van der Waals surface area contributed by atoms with Crippen molar-refractivity contribution in [1.82, 2.24) is 30.0 Å². The highest BCUT2D eigenvalue weighted by molar-refractivity contribution is 5.87. The van der Waals surface area contributed by atoms with Crippen molar-refractivity contribution in [3.63, 3.8) is 0 Å². The summed E-state index contributed by atoms with van der Waals surface area (Å²) < 4.78 is 2.04. The lowest BCUT2D eigenvalue weighted by molar-refractivity contribution is -0.127. The molecule has 1 saturated carbocycles. The van der Waals surface area contributed by atoms with Gasteiger partial charge in [-0.1, -0.05) is 43.5 Å². The van der Waals surface area contributed by atoms with Crippen LogP contribution in [0.15, 0.2) is 61.1 Å². The van der Waals surface area contributed by atoms with Gasteiger partial charge in [0.1, 0.15) is 6.04 Å². The van der Waals surface area contributed by atoms with Crippen molar-refractivity contribution in [1.29, 1.82) is 10.5 Å². The molecule has 2 aromatic carbocycles. The summed E-state index contributed by atoms with van der Waals surface area (Å²) in [7, 11) is 0. The van der Waals surface area contributed by atoms with Crippen LogP contribution in [0.4, 0.5) is 4.79 Å². The Morgan fingerprint density at radius 3 is 2.19 bits per heavy atom. The van der Waals surface area contributed by atoms with Crippen LogP contribution in [0.3, 0.4) is 0 Å². The first-order valence-electron chi connectivity index (χ1n) is 15.1. The van der Waals surface area contributed by atoms with Gasteiger partial charge in [-0.15, -0.1) is 0 Å². The number of hydrogen-bond donors (Lipinski definition) is 2. The molecule has 1 saturated heterocycles. The zero-order chi connectivity index (χ0) is 30.0. The van der Waals surface area contributed by atoms with Crippen LogP contribution < -0.4 is 10.6 Å². The normalized spacial score (nSPS) is 17.5. The summed E-state index contributed by atoms with van der Waals surface area (Å²) in [6.45, 7) is 3.24. The van der Waals surface area contributed by atoms with Crippen molar-refractivity contribution in [2.45, 2.75) is 63.7 Å². The highest BCUT2D eigenvalue weighted by atomic mass is 16.2. The summed E-state index contributed by atoms with van der Waals surface area (Å²) in [6, 6.07) is 18.6. The van der Waals surface area contributed by atoms with Crippen LogP contribution in [0.5, 0.6) is 0 Å². The molecule has 1 aliphatic heterocycles. The smallest absolute Gasteiger partial charge is 0.318 e. The molecule has 2 N–H and O–H groups in total. The standard InChI is InChI=1S/C33H38N8O2/c34-18-25-6-10-27(11-7-25)21-39-16-17-41(33(43)38-29-4-2-1-3-5-29)31(23-39)32(42)37-15-14-30-20-36-24-40(30)22-28-12-8-26(19-35)9-13-28/h6-13,20,24,29,31H,1-5,14-17,21-23H2,(H,37,42)(H,38,43)/t31-/m1/s1. The molecule has 3 aromatic rings. The van der Waals surface area contributed by atoms with Crippen molar-refractivity contribution in [3.05, 3.63) is 89.0 Å². The number of nitrogens with one attached hydrogen (secondary N) is 2. The van der Waals surface area contributed by atoms with Gasteiger partial charge >= 0.3 is 6.03 Å². The first-order valence-corrected chi connectivity index (χ1v) is 15.1. The van der Waals surface area contributed by atoms with Crippen LogP contribution in [0.1, 0.15) is 60.1 Å². The first-order chi connectivity index (χ1) is 21.0. The number of carbonyl (C=O) groups excluding carboxylic acids is 2. The van der Waals surface area contributed by atoms with Crippen LogP contribution in [0.2, 0.25) is 0 Å². The van der Waals surface area contributed by atoms with Crippen molar-refractivity contribution in [3.8, 4) is 12.1 Å². The SMILES string of the molecule is N#Cc1ccc(CN2CCN(C(=O)NC3CCCCC3)[C@@H](C(=O)NCCc3cncn3Cc3ccc(C#N)cc3)C2)cc1. The number of nitriles is 2. The molecule has 5 rings (SSSR count). The van der Waals surface area contributed by atoms with Crippen LogP contribution in [-0.4, -0.2) is 69.6 Å². The fraction of sp³-hybridized carbons (Fsp3) is 0.424. The number of aromatic nitrogens is 2. The van der Waals surface area contributed by atoms with Gasteiger partial charge in [-0.05, 0) is 48.2 Å². The van der Waals surface area contributed by atoms with Crippen molar-refractivity contribution in [2.24, 2.45) is 0 Å². The maximum atomic E-state index is 13.6. The van der Waals surface area contributed by atoms with Gasteiger partial charge in [-0.25, -0.2) is 9.78 Å². The van der Waals surface area contributed by atoms with Crippen molar-refractivity contribution >= 4 is 11.9 Å². The van der Waals surface area contributed by atoms with E-state index in [1.165, 1.54) is 6.42 Å². The first kappa shape index (κ1) is 29.8. The minimum absolute atomic E-state index is 0.162. The lowest BCUT2D eigenvalue weighted by Crippen LogP contribution is -2.63. The Morgan fingerprint density at radius 2 is 1.53 bits per heavy atom. The molecule has 2 aliphatic rings. The Labute approximate surface area is 252 Å². The number of hydrogen-bond acceptors (Lipinski definition) is 6. The third-order valence-electron chi connectivity index (χ3n) is 8.36. The number of carbonyl (C=O) groups is 2. The lowest BCUT2D eigenvalue weighted by atomic mass is 9.95. The molecule has 1 aliphatic carbocycles. The average molecular weight is 579 g/mol. The number of piperazine rings is 1.